The molecule has 3 heteroatoms. The summed E-state index contributed by atoms with van der Waals surface area (Å²) < 4.78 is 0. The lowest BCUT2D eigenvalue weighted by Gasteiger charge is -2.42. The Morgan fingerprint density at radius 1 is 1.16 bits per heavy atom. The molecule has 0 bridgehead atoms. The van der Waals surface area contributed by atoms with Gasteiger partial charge >= 0.3 is 0 Å². The number of ketones is 1. The minimum absolute atomic E-state index is 0.0397. The standard InChI is InChI=1S/C16H26O2Si/c1-12(14(17)13-10-8-7-9-11-13)15(18)19(5,6)16(2,3)4/h7-12,15,18H,1-6H3/t12-,15-/m1/s1. The summed E-state index contributed by atoms with van der Waals surface area (Å²) in [5.41, 5.74) is 0.160. The third-order valence-electron chi connectivity index (χ3n) is 4.62. The van der Waals surface area contributed by atoms with Crippen LogP contribution in [-0.4, -0.2) is 24.7 Å². The molecule has 0 unspecified atom stereocenters. The predicted octanol–water partition coefficient (Wildman–Crippen LogP) is 3.91. The normalized spacial score (nSPS) is 15.9. The van der Waals surface area contributed by atoms with Gasteiger partial charge in [-0.15, -0.1) is 0 Å². The first-order valence-electron chi connectivity index (χ1n) is 6.86. The summed E-state index contributed by atoms with van der Waals surface area (Å²) in [4.78, 5) is 12.4. The highest BCUT2D eigenvalue weighted by Crippen LogP contribution is 2.40. The zero-order chi connectivity index (χ0) is 14.8. The first-order chi connectivity index (χ1) is 8.59. The van der Waals surface area contributed by atoms with Crippen LogP contribution in [0.15, 0.2) is 30.3 Å². The Kier molecular flexibility index (Phi) is 4.75. The van der Waals surface area contributed by atoms with E-state index in [1.807, 2.05) is 37.3 Å². The third-order valence-corrected chi connectivity index (χ3v) is 10.5. The second-order valence-corrected chi connectivity index (χ2v) is 12.5. The van der Waals surface area contributed by atoms with Crippen LogP contribution in [0.25, 0.3) is 0 Å². The summed E-state index contributed by atoms with van der Waals surface area (Å²) in [6.07, 6.45) is 0. The highest BCUT2D eigenvalue weighted by molar-refractivity contribution is 6.81. The van der Waals surface area contributed by atoms with Crippen LogP contribution in [-0.2, 0) is 0 Å². The third kappa shape index (κ3) is 3.34. The van der Waals surface area contributed by atoms with E-state index in [2.05, 4.69) is 33.9 Å². The van der Waals surface area contributed by atoms with Gasteiger partial charge in [0, 0.05) is 11.5 Å². The molecule has 0 aromatic heterocycles. The SMILES string of the molecule is C[C@H](C(=O)c1ccccc1)[C@H](O)[Si](C)(C)C(C)(C)C. The molecule has 0 radical (unpaired) electrons. The Morgan fingerprint density at radius 2 is 1.63 bits per heavy atom. The van der Waals surface area contributed by atoms with E-state index in [0.717, 1.165) is 0 Å². The Bertz CT molecular complexity index is 432. The van der Waals surface area contributed by atoms with E-state index in [9.17, 15) is 9.90 Å². The van der Waals surface area contributed by atoms with Gasteiger partial charge in [0.05, 0.1) is 13.8 Å². The summed E-state index contributed by atoms with van der Waals surface area (Å²) in [6.45, 7) is 12.6. The predicted molar refractivity (Wildman–Crippen MR) is 83.1 cm³/mol. The zero-order valence-corrected chi connectivity index (χ0v) is 13.9. The van der Waals surface area contributed by atoms with Crippen molar-refractivity contribution in [3.8, 4) is 0 Å². The molecule has 0 aliphatic carbocycles. The van der Waals surface area contributed by atoms with Gasteiger partial charge in [0.25, 0.3) is 0 Å². The van der Waals surface area contributed by atoms with Crippen molar-refractivity contribution in [2.24, 2.45) is 5.92 Å². The molecule has 0 aliphatic rings. The van der Waals surface area contributed by atoms with E-state index >= 15 is 0 Å². The number of rotatable bonds is 4. The van der Waals surface area contributed by atoms with E-state index in [1.165, 1.54) is 0 Å². The molecule has 2 nitrogen and oxygen atoms in total. The van der Waals surface area contributed by atoms with Crippen LogP contribution in [0.5, 0.6) is 0 Å². The molecule has 2 atom stereocenters. The number of aliphatic hydroxyl groups excluding tert-OH is 1. The average molecular weight is 278 g/mol. The molecule has 1 rings (SSSR count). The van der Waals surface area contributed by atoms with E-state index in [0.29, 0.717) is 5.56 Å². The van der Waals surface area contributed by atoms with Crippen molar-refractivity contribution in [3.05, 3.63) is 35.9 Å². The molecule has 19 heavy (non-hydrogen) atoms. The highest BCUT2D eigenvalue weighted by Gasteiger charge is 2.45. The smallest absolute Gasteiger partial charge is 0.167 e. The summed E-state index contributed by atoms with van der Waals surface area (Å²) in [5, 5.41) is 10.7. The Balaban J connectivity index is 2.95. The van der Waals surface area contributed by atoms with Crippen molar-refractivity contribution >= 4 is 13.9 Å². The van der Waals surface area contributed by atoms with Gasteiger partial charge in [-0.1, -0.05) is 71.1 Å². The van der Waals surface area contributed by atoms with Crippen LogP contribution in [0, 0.1) is 5.92 Å². The molecular formula is C16H26O2Si. The van der Waals surface area contributed by atoms with Gasteiger partial charge in [-0.2, -0.15) is 0 Å². The van der Waals surface area contributed by atoms with Crippen molar-refractivity contribution < 1.29 is 9.90 Å². The maximum absolute atomic E-state index is 12.4. The van der Waals surface area contributed by atoms with Crippen LogP contribution in [0.2, 0.25) is 18.1 Å². The maximum Gasteiger partial charge on any atom is 0.167 e. The lowest BCUT2D eigenvalue weighted by Crippen LogP contribution is -2.53. The van der Waals surface area contributed by atoms with Crippen molar-refractivity contribution in [2.45, 2.75) is 51.6 Å². The maximum atomic E-state index is 12.4. The molecule has 1 N–H and O–H groups in total. The monoisotopic (exact) mass is 278 g/mol. The molecular weight excluding hydrogens is 252 g/mol. The minimum Gasteiger partial charge on any atom is -0.396 e. The minimum atomic E-state index is -1.93. The van der Waals surface area contributed by atoms with Gasteiger partial charge in [0.15, 0.2) is 5.78 Å². The van der Waals surface area contributed by atoms with E-state index in [-0.39, 0.29) is 16.7 Å². The molecule has 1 aromatic carbocycles. The van der Waals surface area contributed by atoms with Gasteiger partial charge in [0.1, 0.15) is 0 Å². The molecule has 106 valence electrons. The van der Waals surface area contributed by atoms with E-state index in [1.54, 1.807) is 0 Å². The van der Waals surface area contributed by atoms with E-state index < -0.39 is 13.8 Å². The van der Waals surface area contributed by atoms with Gasteiger partial charge < -0.3 is 5.11 Å². The van der Waals surface area contributed by atoms with Crippen molar-refractivity contribution in [2.75, 3.05) is 0 Å². The van der Waals surface area contributed by atoms with Gasteiger partial charge in [-0.3, -0.25) is 4.79 Å². The number of aliphatic hydroxyl groups is 1. The molecule has 0 aliphatic heterocycles. The molecule has 0 spiro atoms. The van der Waals surface area contributed by atoms with Gasteiger partial charge in [-0.25, -0.2) is 0 Å². The molecule has 0 amide bonds. The molecule has 1 aromatic rings. The first-order valence-corrected chi connectivity index (χ1v) is 9.94. The van der Waals surface area contributed by atoms with Crippen molar-refractivity contribution in [1.82, 2.24) is 0 Å². The number of carbonyl (C=O) groups is 1. The second kappa shape index (κ2) is 5.59. The number of hydrogen-bond acceptors (Lipinski definition) is 2. The topological polar surface area (TPSA) is 37.3 Å². The fourth-order valence-electron chi connectivity index (χ4n) is 2.08. The number of hydrogen-bond donors (Lipinski definition) is 1. The lowest BCUT2D eigenvalue weighted by atomic mass is 10.00. The molecule has 0 saturated carbocycles. The second-order valence-electron chi connectivity index (χ2n) is 6.94. The Morgan fingerprint density at radius 3 is 2.05 bits per heavy atom. The fourth-order valence-corrected chi connectivity index (χ4v) is 4.37. The summed E-state index contributed by atoms with van der Waals surface area (Å²) in [5.74, 6) is -0.304. The fraction of sp³-hybridized carbons (Fsp3) is 0.562. The average Bonchev–Trinajstić information content (AvgIpc) is 2.35. The summed E-state index contributed by atoms with van der Waals surface area (Å²) in [7, 11) is -1.93. The van der Waals surface area contributed by atoms with Crippen LogP contribution in [0.1, 0.15) is 38.1 Å². The van der Waals surface area contributed by atoms with Gasteiger partial charge in [0.2, 0.25) is 0 Å². The number of carbonyl (C=O) groups excluding carboxylic acids is 1. The summed E-state index contributed by atoms with van der Waals surface area (Å²) >= 11 is 0. The highest BCUT2D eigenvalue weighted by atomic mass is 28.3. The Labute approximate surface area is 117 Å². The number of benzene rings is 1. The van der Waals surface area contributed by atoms with E-state index in [4.69, 9.17) is 0 Å². The van der Waals surface area contributed by atoms with Crippen molar-refractivity contribution in [3.63, 3.8) is 0 Å². The van der Waals surface area contributed by atoms with Crippen LogP contribution < -0.4 is 0 Å². The quantitative estimate of drug-likeness (QED) is 0.669. The van der Waals surface area contributed by atoms with Crippen LogP contribution in [0.4, 0.5) is 0 Å². The lowest BCUT2D eigenvalue weighted by molar-refractivity contribution is 0.0826. The van der Waals surface area contributed by atoms with Crippen molar-refractivity contribution in [1.29, 1.82) is 0 Å². The largest absolute Gasteiger partial charge is 0.396 e. The Hall–Kier alpha value is -0.933. The molecule has 0 fully saturated rings. The first kappa shape index (κ1) is 16.1. The number of Topliss-reactive ketones (excluding diaryl/α,β-unsaturated/α-hetero) is 1. The van der Waals surface area contributed by atoms with Crippen LogP contribution >= 0.6 is 0 Å². The zero-order valence-electron chi connectivity index (χ0n) is 12.9. The summed E-state index contributed by atoms with van der Waals surface area (Å²) in [6, 6.07) is 9.25. The molecule has 0 heterocycles. The van der Waals surface area contributed by atoms with Crippen LogP contribution in [0.3, 0.4) is 0 Å². The van der Waals surface area contributed by atoms with Gasteiger partial charge in [-0.05, 0) is 5.04 Å². The molecule has 0 saturated heterocycles.